The number of carbonyl (C=O) groups is 2. The largest absolute Gasteiger partial charge is 0.420 e. The van der Waals surface area contributed by atoms with Crippen LogP contribution in [0.5, 0.6) is 5.75 Å². The van der Waals surface area contributed by atoms with Crippen molar-refractivity contribution >= 4 is 11.9 Å². The average Bonchev–Trinajstić information content (AvgIpc) is 3.04. The summed E-state index contributed by atoms with van der Waals surface area (Å²) in [4.78, 5) is 40.1. The number of nitrogens with zero attached hydrogens (tertiary/aromatic N) is 3. The standard InChI is InChI=1S/C28H27F2N3O4/c1-4-24(35)37-27-23(34)13-31-33-22(14-32(15(2)3)28(36)26(27)33)25-18-7-5-9-20(29)16(18)11-12-17-19(25)8-6-10-21(17)30/h5-10,13,15,22,25H,4,11-12,14H2,1-3H3/t22-/m1/s1. The summed E-state index contributed by atoms with van der Waals surface area (Å²) < 4.78 is 36.9. The minimum absolute atomic E-state index is 0.00858. The quantitative estimate of drug-likeness (QED) is 0.495. The van der Waals surface area contributed by atoms with Crippen LogP contribution in [0.3, 0.4) is 0 Å². The van der Waals surface area contributed by atoms with Gasteiger partial charge in [-0.15, -0.1) is 0 Å². The van der Waals surface area contributed by atoms with Gasteiger partial charge in [-0.1, -0.05) is 31.2 Å². The number of ether oxygens (including phenoxy) is 1. The Morgan fingerprint density at radius 3 is 2.19 bits per heavy atom. The van der Waals surface area contributed by atoms with E-state index in [9.17, 15) is 14.4 Å². The predicted molar refractivity (Wildman–Crippen MR) is 132 cm³/mol. The number of rotatable bonds is 4. The van der Waals surface area contributed by atoms with Gasteiger partial charge in [-0.2, -0.15) is 5.10 Å². The lowest BCUT2D eigenvalue weighted by Gasteiger charge is -2.41. The molecule has 0 unspecified atom stereocenters. The fraction of sp³-hybridized carbons (Fsp3) is 0.357. The van der Waals surface area contributed by atoms with Gasteiger partial charge in [0.1, 0.15) is 11.6 Å². The van der Waals surface area contributed by atoms with Crippen molar-refractivity contribution in [2.24, 2.45) is 0 Å². The van der Waals surface area contributed by atoms with E-state index in [0.29, 0.717) is 35.1 Å². The molecule has 9 heteroatoms. The second-order valence-corrected chi connectivity index (χ2v) is 9.67. The molecule has 1 aromatic heterocycles. The predicted octanol–water partition coefficient (Wildman–Crippen LogP) is 4.17. The summed E-state index contributed by atoms with van der Waals surface area (Å²) in [5.41, 5.74) is 1.48. The van der Waals surface area contributed by atoms with Gasteiger partial charge in [0.25, 0.3) is 5.91 Å². The van der Waals surface area contributed by atoms with E-state index in [2.05, 4.69) is 5.10 Å². The van der Waals surface area contributed by atoms with Crippen molar-refractivity contribution in [1.29, 1.82) is 0 Å². The van der Waals surface area contributed by atoms with Crippen molar-refractivity contribution in [3.8, 4) is 5.75 Å². The van der Waals surface area contributed by atoms with Crippen LogP contribution in [-0.2, 0) is 17.6 Å². The summed E-state index contributed by atoms with van der Waals surface area (Å²) in [7, 11) is 0. The molecule has 0 spiro atoms. The fourth-order valence-electron chi connectivity index (χ4n) is 5.47. The van der Waals surface area contributed by atoms with Crippen molar-refractivity contribution in [2.45, 2.75) is 58.0 Å². The van der Waals surface area contributed by atoms with Gasteiger partial charge in [0.2, 0.25) is 11.2 Å². The van der Waals surface area contributed by atoms with Crippen LogP contribution in [0.25, 0.3) is 0 Å². The highest BCUT2D eigenvalue weighted by atomic mass is 19.1. The summed E-state index contributed by atoms with van der Waals surface area (Å²) in [6, 6.07) is 8.75. The number of benzene rings is 2. The first-order valence-corrected chi connectivity index (χ1v) is 12.4. The van der Waals surface area contributed by atoms with Gasteiger partial charge in [0, 0.05) is 24.9 Å². The first-order valence-electron chi connectivity index (χ1n) is 12.4. The van der Waals surface area contributed by atoms with Crippen LogP contribution in [0.15, 0.2) is 47.4 Å². The van der Waals surface area contributed by atoms with E-state index < -0.39 is 29.3 Å². The average molecular weight is 508 g/mol. The molecule has 2 aliphatic rings. The summed E-state index contributed by atoms with van der Waals surface area (Å²) in [5.74, 6) is -2.89. The van der Waals surface area contributed by atoms with E-state index in [1.165, 1.54) is 16.8 Å². The maximum absolute atomic E-state index is 15.1. The Bertz CT molecular complexity index is 1410. The Balaban J connectivity index is 1.81. The Morgan fingerprint density at radius 2 is 1.65 bits per heavy atom. The molecule has 2 aromatic carbocycles. The zero-order valence-corrected chi connectivity index (χ0v) is 20.8. The minimum Gasteiger partial charge on any atom is -0.420 e. The van der Waals surface area contributed by atoms with E-state index in [4.69, 9.17) is 4.74 Å². The zero-order valence-electron chi connectivity index (χ0n) is 20.8. The van der Waals surface area contributed by atoms with E-state index >= 15 is 8.78 Å². The monoisotopic (exact) mass is 507 g/mol. The molecule has 0 saturated heterocycles. The van der Waals surface area contributed by atoms with Gasteiger partial charge < -0.3 is 9.64 Å². The lowest BCUT2D eigenvalue weighted by atomic mass is 9.81. The van der Waals surface area contributed by atoms with Crippen molar-refractivity contribution in [3.05, 3.63) is 92.4 Å². The Labute approximate surface area is 212 Å². The number of carbonyl (C=O) groups excluding carboxylic acids is 2. The molecule has 7 nitrogen and oxygen atoms in total. The number of hydrogen-bond acceptors (Lipinski definition) is 5. The molecule has 1 aliphatic heterocycles. The van der Waals surface area contributed by atoms with Crippen molar-refractivity contribution in [3.63, 3.8) is 0 Å². The molecule has 1 amide bonds. The summed E-state index contributed by atoms with van der Waals surface area (Å²) in [6.45, 7) is 5.44. The highest BCUT2D eigenvalue weighted by molar-refractivity contribution is 5.96. The molecule has 1 atom stereocenters. The van der Waals surface area contributed by atoms with E-state index in [1.54, 1.807) is 24.0 Å². The van der Waals surface area contributed by atoms with Gasteiger partial charge in [0.15, 0.2) is 5.69 Å². The second-order valence-electron chi connectivity index (χ2n) is 9.67. The van der Waals surface area contributed by atoms with Gasteiger partial charge in [-0.25, -0.2) is 8.78 Å². The normalized spacial score (nSPS) is 17.2. The highest BCUT2D eigenvalue weighted by Crippen LogP contribution is 2.45. The molecule has 0 radical (unpaired) electrons. The second kappa shape index (κ2) is 9.53. The Kier molecular flexibility index (Phi) is 6.39. The molecule has 0 fully saturated rings. The molecule has 37 heavy (non-hydrogen) atoms. The molecule has 5 rings (SSSR count). The van der Waals surface area contributed by atoms with Crippen molar-refractivity contribution in [1.82, 2.24) is 14.7 Å². The number of fused-ring (bicyclic) bond motifs is 3. The Hall–Kier alpha value is -3.88. The van der Waals surface area contributed by atoms with Crippen LogP contribution < -0.4 is 10.2 Å². The maximum atomic E-state index is 15.1. The summed E-state index contributed by atoms with van der Waals surface area (Å²) in [5, 5.41) is 4.31. The van der Waals surface area contributed by atoms with E-state index in [-0.39, 0.29) is 42.1 Å². The minimum atomic E-state index is -0.690. The molecule has 0 bridgehead atoms. The molecule has 3 aromatic rings. The van der Waals surface area contributed by atoms with Gasteiger partial charge in [-0.05, 0) is 61.1 Å². The topological polar surface area (TPSA) is 81.5 Å². The van der Waals surface area contributed by atoms with Gasteiger partial charge in [-0.3, -0.25) is 19.1 Å². The lowest BCUT2D eigenvalue weighted by Crippen LogP contribution is -2.50. The molecular formula is C28H27F2N3O4. The molecule has 2 heterocycles. The van der Waals surface area contributed by atoms with Crippen LogP contribution in [0, 0.1) is 11.6 Å². The molecule has 0 N–H and O–H groups in total. The Morgan fingerprint density at radius 1 is 1.05 bits per heavy atom. The third kappa shape index (κ3) is 4.12. The molecule has 1 aliphatic carbocycles. The number of aromatic nitrogens is 2. The van der Waals surface area contributed by atoms with Crippen LogP contribution >= 0.6 is 0 Å². The van der Waals surface area contributed by atoms with Gasteiger partial charge in [0.05, 0.1) is 12.2 Å². The van der Waals surface area contributed by atoms with Crippen LogP contribution in [0.2, 0.25) is 0 Å². The third-order valence-corrected chi connectivity index (χ3v) is 7.25. The van der Waals surface area contributed by atoms with Gasteiger partial charge >= 0.3 is 5.97 Å². The van der Waals surface area contributed by atoms with Crippen molar-refractivity contribution in [2.75, 3.05) is 6.54 Å². The highest BCUT2D eigenvalue weighted by Gasteiger charge is 2.43. The third-order valence-electron chi connectivity index (χ3n) is 7.25. The van der Waals surface area contributed by atoms with Crippen LogP contribution in [-0.4, -0.2) is 39.1 Å². The number of halogens is 2. The number of esters is 1. The summed E-state index contributed by atoms with van der Waals surface area (Å²) >= 11 is 0. The zero-order chi connectivity index (χ0) is 26.4. The number of amides is 1. The number of hydrogen-bond donors (Lipinski definition) is 0. The fourth-order valence-corrected chi connectivity index (χ4v) is 5.47. The first kappa shape index (κ1) is 24.8. The molecular weight excluding hydrogens is 480 g/mol. The molecule has 192 valence electrons. The lowest BCUT2D eigenvalue weighted by molar-refractivity contribution is -0.134. The van der Waals surface area contributed by atoms with Crippen LogP contribution in [0.4, 0.5) is 8.78 Å². The first-order chi connectivity index (χ1) is 17.7. The SMILES string of the molecule is CCC(=O)Oc1c2n(ncc1=O)[C@@H](C1c3cccc(F)c3CCc3c(F)cccc31)CN(C(C)C)C2=O. The summed E-state index contributed by atoms with van der Waals surface area (Å²) in [6.07, 6.45) is 1.66. The smallest absolute Gasteiger partial charge is 0.311 e. The molecule has 0 saturated carbocycles. The van der Waals surface area contributed by atoms with Crippen molar-refractivity contribution < 1.29 is 23.1 Å². The van der Waals surface area contributed by atoms with E-state index in [0.717, 1.165) is 6.20 Å². The van der Waals surface area contributed by atoms with Crippen LogP contribution in [0.1, 0.15) is 71.9 Å². The van der Waals surface area contributed by atoms with E-state index in [1.807, 2.05) is 26.0 Å². The maximum Gasteiger partial charge on any atom is 0.311 e.